The van der Waals surface area contributed by atoms with Gasteiger partial charge in [-0.1, -0.05) is 6.42 Å². The largest absolute Gasteiger partial charge is 0.397 e. The minimum absolute atomic E-state index is 0.218. The van der Waals surface area contributed by atoms with Crippen molar-refractivity contribution in [3.63, 3.8) is 0 Å². The molecule has 2 aliphatic rings. The topological polar surface area (TPSA) is 94.0 Å². The maximum atomic E-state index is 12.7. The number of nitrogen functional groups attached to an aromatic ring is 1. The van der Waals surface area contributed by atoms with Crippen molar-refractivity contribution in [2.24, 2.45) is 0 Å². The van der Waals surface area contributed by atoms with Crippen LogP contribution in [0, 0.1) is 0 Å². The van der Waals surface area contributed by atoms with Crippen LogP contribution in [0.4, 0.5) is 11.4 Å². The summed E-state index contributed by atoms with van der Waals surface area (Å²) in [4.78, 5) is 28.6. The van der Waals surface area contributed by atoms with Gasteiger partial charge in [0.15, 0.2) is 0 Å². The molecule has 1 saturated heterocycles. The number of imidazole rings is 1. The number of piperazine rings is 1. The molecule has 3 aromatic heterocycles. The lowest BCUT2D eigenvalue weighted by Gasteiger charge is -2.43. The highest BCUT2D eigenvalue weighted by atomic mass is 32.1. The first-order valence-electron chi connectivity index (χ1n) is 10.6. The Balaban J connectivity index is 1.31. The second-order valence-corrected chi connectivity index (χ2v) is 9.22. The van der Waals surface area contributed by atoms with Gasteiger partial charge >= 0.3 is 0 Å². The van der Waals surface area contributed by atoms with Gasteiger partial charge in [0.1, 0.15) is 11.4 Å². The van der Waals surface area contributed by atoms with E-state index in [-0.39, 0.29) is 5.56 Å². The second kappa shape index (κ2) is 6.85. The lowest BCUT2D eigenvalue weighted by Crippen LogP contribution is -2.52. The smallest absolute Gasteiger partial charge is 0.261 e. The molecule has 0 spiro atoms. The Morgan fingerprint density at radius 2 is 1.90 bits per heavy atom. The van der Waals surface area contributed by atoms with Crippen molar-refractivity contribution in [3.05, 3.63) is 40.0 Å². The molecule has 0 unspecified atom stereocenters. The van der Waals surface area contributed by atoms with Crippen molar-refractivity contribution in [2.45, 2.75) is 25.3 Å². The van der Waals surface area contributed by atoms with Gasteiger partial charge in [0, 0.05) is 37.9 Å². The lowest BCUT2D eigenvalue weighted by molar-refractivity contribution is 0.120. The molecule has 30 heavy (non-hydrogen) atoms. The molecular formula is C22H24N6OS. The van der Waals surface area contributed by atoms with E-state index >= 15 is 0 Å². The van der Waals surface area contributed by atoms with E-state index in [4.69, 9.17) is 5.73 Å². The number of thiophene rings is 1. The summed E-state index contributed by atoms with van der Waals surface area (Å²) in [6.07, 6.45) is 4.11. The van der Waals surface area contributed by atoms with E-state index in [0.29, 0.717) is 17.1 Å². The zero-order chi connectivity index (χ0) is 20.2. The van der Waals surface area contributed by atoms with Crippen LogP contribution in [0.1, 0.15) is 19.3 Å². The number of fused-ring (bicyclic) bond motifs is 2. The summed E-state index contributed by atoms with van der Waals surface area (Å²) < 4.78 is 0.884. The molecular weight excluding hydrogens is 396 g/mol. The van der Waals surface area contributed by atoms with Gasteiger partial charge < -0.3 is 20.6 Å². The Kier molecular flexibility index (Phi) is 4.10. The average molecular weight is 421 g/mol. The molecule has 6 rings (SSSR count). The third-order valence-electron chi connectivity index (χ3n) is 6.63. The highest BCUT2D eigenvalue weighted by Gasteiger charge is 2.28. The molecule has 2 fully saturated rings. The van der Waals surface area contributed by atoms with Crippen molar-refractivity contribution in [1.29, 1.82) is 0 Å². The summed E-state index contributed by atoms with van der Waals surface area (Å²) >= 11 is 1.52. The lowest BCUT2D eigenvalue weighted by atomic mass is 9.91. The molecule has 1 aliphatic heterocycles. The number of benzene rings is 1. The number of pyridine rings is 1. The first-order chi connectivity index (χ1) is 14.7. The summed E-state index contributed by atoms with van der Waals surface area (Å²) in [7, 11) is 0. The number of hydrogen-bond donors (Lipinski definition) is 3. The van der Waals surface area contributed by atoms with Crippen LogP contribution in [0.25, 0.3) is 32.6 Å². The number of aromatic nitrogens is 3. The molecule has 0 atom stereocenters. The number of nitrogens with zero attached hydrogens (tertiary/aromatic N) is 3. The number of nitrogens with one attached hydrogen (secondary N) is 2. The third-order valence-corrected chi connectivity index (χ3v) is 7.57. The van der Waals surface area contributed by atoms with Gasteiger partial charge in [-0.05, 0) is 42.5 Å². The number of anilines is 2. The molecule has 7 nitrogen and oxygen atoms in total. The van der Waals surface area contributed by atoms with Gasteiger partial charge in [-0.15, -0.1) is 11.3 Å². The summed E-state index contributed by atoms with van der Waals surface area (Å²) in [5.41, 5.74) is 10.7. The van der Waals surface area contributed by atoms with E-state index in [1.54, 1.807) is 0 Å². The fraction of sp³-hybridized carbons (Fsp3) is 0.364. The molecule has 8 heteroatoms. The van der Waals surface area contributed by atoms with E-state index in [9.17, 15) is 4.79 Å². The Labute approximate surface area is 177 Å². The van der Waals surface area contributed by atoms with E-state index in [2.05, 4.69) is 36.9 Å². The molecule has 0 bridgehead atoms. The summed E-state index contributed by atoms with van der Waals surface area (Å²) in [6, 6.07) is 8.98. The number of H-pyrrole nitrogens is 2. The molecule has 4 heterocycles. The predicted molar refractivity (Wildman–Crippen MR) is 123 cm³/mol. The minimum Gasteiger partial charge on any atom is -0.397 e. The second-order valence-electron chi connectivity index (χ2n) is 8.30. The summed E-state index contributed by atoms with van der Waals surface area (Å²) in [6.45, 7) is 4.35. The Morgan fingerprint density at radius 1 is 1.07 bits per heavy atom. The fourth-order valence-corrected chi connectivity index (χ4v) is 5.50. The molecule has 4 N–H and O–H groups in total. The third kappa shape index (κ3) is 2.82. The maximum Gasteiger partial charge on any atom is 0.261 e. The van der Waals surface area contributed by atoms with Crippen molar-refractivity contribution in [2.75, 3.05) is 36.8 Å². The van der Waals surface area contributed by atoms with Crippen LogP contribution in [0.15, 0.2) is 34.4 Å². The van der Waals surface area contributed by atoms with Gasteiger partial charge in [0.2, 0.25) is 0 Å². The Bertz CT molecular complexity index is 1290. The molecule has 0 amide bonds. The van der Waals surface area contributed by atoms with Crippen LogP contribution >= 0.6 is 11.3 Å². The van der Waals surface area contributed by atoms with Crippen molar-refractivity contribution < 1.29 is 0 Å². The van der Waals surface area contributed by atoms with Gasteiger partial charge in [-0.3, -0.25) is 9.69 Å². The van der Waals surface area contributed by atoms with Gasteiger partial charge in [0.25, 0.3) is 5.56 Å². The first kappa shape index (κ1) is 18.0. The molecule has 0 radical (unpaired) electrons. The van der Waals surface area contributed by atoms with Crippen LogP contribution in [-0.2, 0) is 0 Å². The van der Waals surface area contributed by atoms with Crippen molar-refractivity contribution >= 4 is 44.0 Å². The molecule has 154 valence electrons. The van der Waals surface area contributed by atoms with Gasteiger partial charge in [-0.25, -0.2) is 4.98 Å². The molecule has 1 aromatic carbocycles. The molecule has 1 aliphatic carbocycles. The first-order valence-corrected chi connectivity index (χ1v) is 11.4. The maximum absolute atomic E-state index is 12.7. The Morgan fingerprint density at radius 3 is 2.67 bits per heavy atom. The van der Waals surface area contributed by atoms with Gasteiger partial charge in [0.05, 0.1) is 26.9 Å². The highest BCUT2D eigenvalue weighted by Crippen LogP contribution is 2.32. The molecule has 4 aromatic rings. The number of nitrogens with two attached hydrogens (primary N) is 1. The standard InChI is InChI=1S/C22H24N6OS/c23-19-18(22(29)26-16-6-11-30-20(16)19)21-24-15-5-4-14(12-17(15)25-21)28-9-7-27(8-10-28)13-2-1-3-13/h4-6,11-13H,1-3,7-10H2,(H,24,25)(H3,23,26,29). The number of rotatable bonds is 3. The molecule has 1 saturated carbocycles. The monoisotopic (exact) mass is 420 g/mol. The van der Waals surface area contributed by atoms with Gasteiger partial charge in [-0.2, -0.15) is 0 Å². The quantitative estimate of drug-likeness (QED) is 0.472. The minimum atomic E-state index is -0.218. The van der Waals surface area contributed by atoms with E-state index in [1.165, 1.54) is 36.3 Å². The SMILES string of the molecule is Nc1c(-c2nc3ccc(N4CCN(C5CCC5)CC4)cc3[nH]2)c(=O)[nH]c2ccsc12. The zero-order valence-electron chi connectivity index (χ0n) is 16.6. The van der Waals surface area contributed by atoms with Crippen LogP contribution in [-0.4, -0.2) is 52.1 Å². The van der Waals surface area contributed by atoms with Crippen LogP contribution < -0.4 is 16.2 Å². The van der Waals surface area contributed by atoms with Crippen LogP contribution in [0.3, 0.4) is 0 Å². The Hall–Kier alpha value is -2.84. The highest BCUT2D eigenvalue weighted by molar-refractivity contribution is 7.17. The normalized spacial score (nSPS) is 18.3. The van der Waals surface area contributed by atoms with E-state index in [0.717, 1.165) is 53.5 Å². The van der Waals surface area contributed by atoms with Crippen LogP contribution in [0.2, 0.25) is 0 Å². The van der Waals surface area contributed by atoms with Crippen molar-refractivity contribution in [1.82, 2.24) is 19.9 Å². The van der Waals surface area contributed by atoms with Crippen molar-refractivity contribution in [3.8, 4) is 11.4 Å². The van der Waals surface area contributed by atoms with E-state index < -0.39 is 0 Å². The number of aromatic amines is 2. The average Bonchev–Trinajstić information content (AvgIpc) is 3.33. The summed E-state index contributed by atoms with van der Waals surface area (Å²) in [5, 5.41) is 1.93. The van der Waals surface area contributed by atoms with Crippen LogP contribution in [0.5, 0.6) is 0 Å². The zero-order valence-corrected chi connectivity index (χ0v) is 17.5. The predicted octanol–water partition coefficient (Wildman–Crippen LogP) is 3.39. The fourth-order valence-electron chi connectivity index (χ4n) is 4.68. The number of hydrogen-bond acceptors (Lipinski definition) is 6. The van der Waals surface area contributed by atoms with E-state index in [1.807, 2.05) is 17.5 Å². The summed E-state index contributed by atoms with van der Waals surface area (Å²) in [5.74, 6) is 0.519.